The second-order valence-electron chi connectivity index (χ2n) is 4.26. The number of rotatable bonds is 3. The van der Waals surface area contributed by atoms with Crippen molar-refractivity contribution in [2.75, 3.05) is 0 Å². The van der Waals surface area contributed by atoms with Crippen molar-refractivity contribution in [3.63, 3.8) is 0 Å². The number of thiazole rings is 1. The van der Waals surface area contributed by atoms with E-state index in [1.807, 2.05) is 16.0 Å². The monoisotopic (exact) mass is 290 g/mol. The fourth-order valence-corrected chi connectivity index (χ4v) is 2.80. The number of hydrogen-bond acceptors (Lipinski definition) is 4. The van der Waals surface area contributed by atoms with Gasteiger partial charge >= 0.3 is 0 Å². The fraction of sp³-hybridized carbons (Fsp3) is 0.0769. The van der Waals surface area contributed by atoms with E-state index in [2.05, 4.69) is 10.4 Å². The van der Waals surface area contributed by atoms with Gasteiger partial charge in [-0.1, -0.05) is 0 Å². The molecule has 2 heterocycles. The lowest BCUT2D eigenvalue weighted by molar-refractivity contribution is -0.120. The molecule has 0 spiro atoms. The quantitative estimate of drug-likeness (QED) is 0.438. The second-order valence-corrected chi connectivity index (χ2v) is 5.09. The number of benzene rings is 1. The summed E-state index contributed by atoms with van der Waals surface area (Å²) in [6, 6.07) is 6.14. The third kappa shape index (κ3) is 2.28. The molecule has 0 saturated carbocycles. The molecule has 0 aliphatic rings. The Labute approximate surface area is 117 Å². The average molecular weight is 290 g/mol. The maximum absolute atomic E-state index is 12.9. The van der Waals surface area contributed by atoms with Crippen molar-refractivity contribution in [2.45, 2.75) is 6.42 Å². The maximum Gasteiger partial charge on any atom is 0.239 e. The van der Waals surface area contributed by atoms with Crippen molar-refractivity contribution in [3.05, 3.63) is 47.4 Å². The van der Waals surface area contributed by atoms with Gasteiger partial charge in [0.2, 0.25) is 5.91 Å². The molecule has 0 saturated heterocycles. The minimum atomic E-state index is -0.282. The van der Waals surface area contributed by atoms with E-state index in [1.165, 1.54) is 23.5 Å². The molecule has 0 radical (unpaired) electrons. The average Bonchev–Trinajstić information content (AvgIpc) is 3.01. The van der Waals surface area contributed by atoms with Crippen LogP contribution in [0.1, 0.15) is 5.69 Å². The van der Waals surface area contributed by atoms with E-state index >= 15 is 0 Å². The van der Waals surface area contributed by atoms with Crippen molar-refractivity contribution in [2.24, 2.45) is 5.84 Å². The molecule has 0 bridgehead atoms. The highest BCUT2D eigenvalue weighted by Crippen LogP contribution is 2.24. The molecule has 0 atom stereocenters. The minimum Gasteiger partial charge on any atom is -0.294 e. The number of carbonyl (C=O) groups excluding carboxylic acids is 1. The molecule has 20 heavy (non-hydrogen) atoms. The third-order valence-corrected chi connectivity index (χ3v) is 3.81. The Morgan fingerprint density at radius 1 is 1.40 bits per heavy atom. The first-order valence-corrected chi connectivity index (χ1v) is 6.76. The normalized spacial score (nSPS) is 10.9. The molecule has 0 unspecified atom stereocenters. The molecule has 0 fully saturated rings. The van der Waals surface area contributed by atoms with Crippen LogP contribution in [0, 0.1) is 5.82 Å². The van der Waals surface area contributed by atoms with Crippen molar-refractivity contribution >= 4 is 22.2 Å². The molecule has 2 aromatic heterocycles. The Balaban J connectivity index is 1.98. The van der Waals surface area contributed by atoms with Gasteiger partial charge in [0.25, 0.3) is 0 Å². The highest BCUT2D eigenvalue weighted by molar-refractivity contribution is 7.15. The van der Waals surface area contributed by atoms with Crippen molar-refractivity contribution in [1.82, 2.24) is 14.8 Å². The van der Waals surface area contributed by atoms with Gasteiger partial charge in [0, 0.05) is 22.8 Å². The summed E-state index contributed by atoms with van der Waals surface area (Å²) in [5.74, 6) is 4.54. The van der Waals surface area contributed by atoms with Crippen LogP contribution in [0.2, 0.25) is 0 Å². The van der Waals surface area contributed by atoms with E-state index in [-0.39, 0.29) is 18.1 Å². The van der Waals surface area contributed by atoms with Crippen LogP contribution in [0.5, 0.6) is 0 Å². The number of carbonyl (C=O) groups is 1. The zero-order valence-electron chi connectivity index (χ0n) is 10.3. The Kier molecular flexibility index (Phi) is 3.21. The molecule has 7 heteroatoms. The smallest absolute Gasteiger partial charge is 0.239 e. The molecule has 1 aromatic carbocycles. The summed E-state index contributed by atoms with van der Waals surface area (Å²) in [4.78, 5) is 16.6. The van der Waals surface area contributed by atoms with Crippen LogP contribution < -0.4 is 11.3 Å². The summed E-state index contributed by atoms with van der Waals surface area (Å²) in [6.45, 7) is 0. The zero-order chi connectivity index (χ0) is 14.1. The predicted molar refractivity (Wildman–Crippen MR) is 74.5 cm³/mol. The van der Waals surface area contributed by atoms with E-state index < -0.39 is 0 Å². The van der Waals surface area contributed by atoms with Gasteiger partial charge in [0.15, 0.2) is 4.96 Å². The molecular formula is C13H11FN4OS. The maximum atomic E-state index is 12.9. The van der Waals surface area contributed by atoms with Crippen LogP contribution >= 0.6 is 11.3 Å². The van der Waals surface area contributed by atoms with E-state index in [1.54, 1.807) is 12.1 Å². The lowest BCUT2D eigenvalue weighted by Gasteiger charge is -1.98. The van der Waals surface area contributed by atoms with Crippen molar-refractivity contribution in [1.29, 1.82) is 0 Å². The van der Waals surface area contributed by atoms with Gasteiger partial charge in [-0.2, -0.15) is 0 Å². The molecule has 5 nitrogen and oxygen atoms in total. The second kappa shape index (κ2) is 5.03. The fourth-order valence-electron chi connectivity index (χ4n) is 1.93. The summed E-state index contributed by atoms with van der Waals surface area (Å²) in [6.07, 6.45) is 2.02. The first kappa shape index (κ1) is 12.8. The van der Waals surface area contributed by atoms with Gasteiger partial charge < -0.3 is 0 Å². The van der Waals surface area contributed by atoms with Gasteiger partial charge in [-0.05, 0) is 24.3 Å². The lowest BCUT2D eigenvalue weighted by Crippen LogP contribution is -2.31. The Hall–Kier alpha value is -2.25. The van der Waals surface area contributed by atoms with Gasteiger partial charge in [0.05, 0.1) is 12.1 Å². The molecule has 3 N–H and O–H groups in total. The molecule has 102 valence electrons. The van der Waals surface area contributed by atoms with Crippen LogP contribution in [0.25, 0.3) is 16.2 Å². The number of halogens is 1. The SMILES string of the molecule is NNC(=O)Cc1csc2nc(-c3ccc(F)cc3)cn12. The topological polar surface area (TPSA) is 72.4 Å². The van der Waals surface area contributed by atoms with Crippen molar-refractivity contribution < 1.29 is 9.18 Å². The largest absolute Gasteiger partial charge is 0.294 e. The molecule has 3 rings (SSSR count). The number of fused-ring (bicyclic) bond motifs is 1. The number of nitrogens with zero attached hydrogens (tertiary/aromatic N) is 2. The molecule has 1 amide bonds. The predicted octanol–water partition coefficient (Wildman–Crippen LogP) is 1.73. The standard InChI is InChI=1S/C13H11FN4OS/c14-9-3-1-8(2-4-9)11-6-18-10(5-12(19)17-15)7-20-13(18)16-11/h1-4,6-7H,5,15H2,(H,17,19). The van der Waals surface area contributed by atoms with Crippen LogP contribution in [-0.4, -0.2) is 15.3 Å². The number of imidazole rings is 1. The zero-order valence-corrected chi connectivity index (χ0v) is 11.2. The Bertz CT molecular complexity index is 762. The molecule has 0 aliphatic carbocycles. The van der Waals surface area contributed by atoms with Crippen LogP contribution in [0.15, 0.2) is 35.8 Å². The summed E-state index contributed by atoms with van der Waals surface area (Å²) < 4.78 is 14.8. The van der Waals surface area contributed by atoms with Crippen molar-refractivity contribution in [3.8, 4) is 11.3 Å². The number of amides is 1. The Morgan fingerprint density at radius 2 is 2.15 bits per heavy atom. The van der Waals surface area contributed by atoms with Crippen LogP contribution in [-0.2, 0) is 11.2 Å². The molecular weight excluding hydrogens is 279 g/mol. The van der Waals surface area contributed by atoms with E-state index in [0.29, 0.717) is 0 Å². The molecule has 3 aromatic rings. The van der Waals surface area contributed by atoms with Gasteiger partial charge in [-0.15, -0.1) is 11.3 Å². The van der Waals surface area contributed by atoms with Crippen LogP contribution in [0.3, 0.4) is 0 Å². The number of aromatic nitrogens is 2. The first-order valence-electron chi connectivity index (χ1n) is 5.88. The number of nitrogens with two attached hydrogens (primary N) is 1. The highest BCUT2D eigenvalue weighted by Gasteiger charge is 2.11. The summed E-state index contributed by atoms with van der Waals surface area (Å²) in [7, 11) is 0. The summed E-state index contributed by atoms with van der Waals surface area (Å²) >= 11 is 1.44. The molecule has 0 aliphatic heterocycles. The highest BCUT2D eigenvalue weighted by atomic mass is 32.1. The van der Waals surface area contributed by atoms with E-state index in [9.17, 15) is 9.18 Å². The third-order valence-electron chi connectivity index (χ3n) is 2.93. The summed E-state index contributed by atoms with van der Waals surface area (Å²) in [5.41, 5.74) is 4.49. The Morgan fingerprint density at radius 3 is 2.85 bits per heavy atom. The van der Waals surface area contributed by atoms with E-state index in [0.717, 1.165) is 21.9 Å². The van der Waals surface area contributed by atoms with E-state index in [4.69, 9.17) is 5.84 Å². The number of nitrogens with one attached hydrogen (secondary N) is 1. The van der Waals surface area contributed by atoms with Gasteiger partial charge in [-0.25, -0.2) is 15.2 Å². The first-order chi connectivity index (χ1) is 9.67. The summed E-state index contributed by atoms with van der Waals surface area (Å²) in [5, 5.41) is 1.87. The van der Waals surface area contributed by atoms with Gasteiger partial charge in [-0.3, -0.25) is 14.6 Å². The van der Waals surface area contributed by atoms with Gasteiger partial charge in [0.1, 0.15) is 5.82 Å². The number of hydrazine groups is 1. The minimum absolute atomic E-state index is 0.190. The van der Waals surface area contributed by atoms with Crippen LogP contribution in [0.4, 0.5) is 4.39 Å². The lowest BCUT2D eigenvalue weighted by atomic mass is 10.2. The number of hydrogen-bond donors (Lipinski definition) is 2.